The Hall–Kier alpha value is -1.48. The van der Waals surface area contributed by atoms with Crippen LogP contribution < -0.4 is 20.3 Å². The molecule has 3 aromatic rings. The van der Waals surface area contributed by atoms with Crippen LogP contribution in [0.3, 0.4) is 0 Å². The van der Waals surface area contributed by atoms with Gasteiger partial charge in [-0.05, 0) is 25.5 Å². The highest BCUT2D eigenvalue weighted by atomic mass is 32.1. The number of aryl methyl sites for hydroxylation is 2. The van der Waals surface area contributed by atoms with E-state index in [0.717, 1.165) is 26.0 Å². The van der Waals surface area contributed by atoms with Crippen LogP contribution >= 0.6 is 37.6 Å². The maximum absolute atomic E-state index is 14.1. The zero-order valence-electron chi connectivity index (χ0n) is 23.5. The molecule has 0 amide bonds. The molecule has 0 unspecified atom stereocenters. The maximum atomic E-state index is 14.1. The molecule has 0 saturated carbocycles. The first-order valence-corrected chi connectivity index (χ1v) is 18.7. The van der Waals surface area contributed by atoms with E-state index in [2.05, 4.69) is 20.3 Å². The predicted molar refractivity (Wildman–Crippen MR) is 167 cm³/mol. The van der Waals surface area contributed by atoms with E-state index in [1.54, 1.807) is 11.3 Å². The van der Waals surface area contributed by atoms with E-state index in [9.17, 15) is 13.9 Å². The molecule has 2 aromatic heterocycles. The van der Waals surface area contributed by atoms with Gasteiger partial charge in [0.15, 0.2) is 5.78 Å². The van der Waals surface area contributed by atoms with E-state index in [1.807, 2.05) is 77.1 Å². The third kappa shape index (κ3) is 8.27. The average Bonchev–Trinajstić information content (AvgIpc) is 3.53. The van der Waals surface area contributed by atoms with Gasteiger partial charge in [-0.2, -0.15) is 0 Å². The van der Waals surface area contributed by atoms with Gasteiger partial charge in [0, 0.05) is 54.3 Å². The van der Waals surface area contributed by atoms with Crippen molar-refractivity contribution in [2.75, 3.05) is 26.2 Å². The van der Waals surface area contributed by atoms with Gasteiger partial charge in [-0.15, -0.1) is 22.7 Å². The Labute approximate surface area is 240 Å². The number of hydrogen-bond acceptors (Lipinski definition) is 6. The molecule has 0 radical (unpaired) electrons. The molecule has 0 saturated heterocycles. The molecule has 1 aromatic carbocycles. The zero-order valence-corrected chi connectivity index (χ0v) is 26.9. The molecule has 0 bridgehead atoms. The first-order valence-electron chi connectivity index (χ1n) is 13.5. The monoisotopic (exact) mass is 609 g/mol. The summed E-state index contributed by atoms with van der Waals surface area (Å²) in [5.41, 5.74) is 2.04. The number of carbonyl (C=O) groups is 1. The first kappa shape index (κ1) is 32.0. The number of hydrogen-bond donors (Lipinski definition) is 4. The number of thiophene rings is 1. The van der Waals surface area contributed by atoms with E-state index < -0.39 is 20.3 Å². The van der Waals surface area contributed by atoms with Crippen LogP contribution in [0.1, 0.15) is 59.2 Å². The minimum absolute atomic E-state index is 0.0551. The highest BCUT2D eigenvalue weighted by molar-refractivity contribution is 7.78. The van der Waals surface area contributed by atoms with Crippen LogP contribution in [0.2, 0.25) is 0 Å². The number of thiazole rings is 1. The maximum Gasteiger partial charge on any atom is 0.224 e. The molecule has 0 aliphatic rings. The van der Waals surface area contributed by atoms with Gasteiger partial charge in [0.2, 0.25) is 14.9 Å². The molecule has 0 aliphatic heterocycles. The van der Waals surface area contributed by atoms with E-state index >= 15 is 0 Å². The smallest absolute Gasteiger partial charge is 0.224 e. The number of benzene rings is 1. The Morgan fingerprint density at radius 1 is 0.846 bits per heavy atom. The summed E-state index contributed by atoms with van der Waals surface area (Å²) in [5.74, 6) is 0.0551. The molecule has 3 rings (SSSR count). The van der Waals surface area contributed by atoms with Gasteiger partial charge < -0.3 is 0 Å². The fraction of sp³-hybridized carbons (Fsp3) is 0.481. The number of nitrogens with zero attached hydrogens (tertiary/aromatic N) is 1. The van der Waals surface area contributed by atoms with Crippen LogP contribution in [-0.2, 0) is 22.0 Å². The SMILES string of the molecule is CCNP(=O)(NCC)C(Cc1ccc(C(=O)CCc2nc(-c3ccccc3)sc2C)s1)P(=O)(NCC)NCC. The third-order valence-electron chi connectivity index (χ3n) is 6.23. The molecule has 39 heavy (non-hydrogen) atoms. The summed E-state index contributed by atoms with van der Waals surface area (Å²) in [6.45, 7) is 11.5. The highest BCUT2D eigenvalue weighted by Gasteiger charge is 2.45. The van der Waals surface area contributed by atoms with Crippen LogP contribution in [-0.4, -0.2) is 42.3 Å². The normalized spacial score (nSPS) is 12.4. The summed E-state index contributed by atoms with van der Waals surface area (Å²) in [5, 5.41) is 12.7. The number of aromatic nitrogens is 1. The molecule has 0 atom stereocenters. The standard InChI is InChI=1S/C27H41N5O3P2S2/c1-6-28-36(34,29-7-2)26(37(35,30-8-3)31-9-4)19-22-15-18-25(39-22)24(33)17-16-23-20(5)38-27(32-23)21-13-11-10-12-14-21/h10-15,18,26H,6-9,16-17,19H2,1-5H3,(H2,28,29,34)(H2,30,31,35). The third-order valence-corrected chi connectivity index (χ3v) is 15.6. The summed E-state index contributed by atoms with van der Waals surface area (Å²) in [6.07, 6.45) is 1.26. The number of nitrogens with one attached hydrogen (secondary N) is 4. The molecule has 12 heteroatoms. The van der Waals surface area contributed by atoms with Crippen molar-refractivity contribution >= 4 is 43.3 Å². The number of ketones is 1. The predicted octanol–water partition coefficient (Wildman–Crippen LogP) is 6.69. The topological polar surface area (TPSA) is 112 Å². The van der Waals surface area contributed by atoms with Crippen LogP contribution in [0.5, 0.6) is 0 Å². The second kappa shape index (κ2) is 14.9. The van der Waals surface area contributed by atoms with Gasteiger partial charge in [-0.1, -0.05) is 58.0 Å². The van der Waals surface area contributed by atoms with Crippen molar-refractivity contribution < 1.29 is 13.9 Å². The van der Waals surface area contributed by atoms with Gasteiger partial charge in [-0.3, -0.25) is 34.3 Å². The number of rotatable bonds is 17. The van der Waals surface area contributed by atoms with Gasteiger partial charge in [0.05, 0.1) is 10.6 Å². The van der Waals surface area contributed by atoms with Gasteiger partial charge in [0.25, 0.3) is 0 Å². The minimum Gasteiger partial charge on any atom is -0.293 e. The van der Waals surface area contributed by atoms with E-state index in [1.165, 1.54) is 11.3 Å². The highest BCUT2D eigenvalue weighted by Crippen LogP contribution is 2.61. The lowest BCUT2D eigenvalue weighted by molar-refractivity contribution is 0.0986. The summed E-state index contributed by atoms with van der Waals surface area (Å²) in [6, 6.07) is 13.8. The average molecular weight is 610 g/mol. The summed E-state index contributed by atoms with van der Waals surface area (Å²) in [7, 11) is -6.49. The van der Waals surface area contributed by atoms with Crippen LogP contribution in [0.15, 0.2) is 42.5 Å². The number of carbonyl (C=O) groups excluding carboxylic acids is 1. The van der Waals surface area contributed by atoms with Gasteiger partial charge >= 0.3 is 0 Å². The van der Waals surface area contributed by atoms with E-state index in [0.29, 0.717) is 50.3 Å². The second-order valence-electron chi connectivity index (χ2n) is 9.12. The Morgan fingerprint density at radius 3 is 1.95 bits per heavy atom. The lowest BCUT2D eigenvalue weighted by Crippen LogP contribution is -2.38. The minimum atomic E-state index is -3.25. The Balaban J connectivity index is 1.77. The van der Waals surface area contributed by atoms with Crippen molar-refractivity contribution in [3.05, 3.63) is 62.8 Å². The van der Waals surface area contributed by atoms with Gasteiger partial charge in [0.1, 0.15) is 10.4 Å². The molecule has 0 spiro atoms. The summed E-state index contributed by atoms with van der Waals surface area (Å²) in [4.78, 5) is 20.6. The Bertz CT molecular complexity index is 1260. The van der Waals surface area contributed by atoms with E-state index in [-0.39, 0.29) is 5.78 Å². The lowest BCUT2D eigenvalue weighted by Gasteiger charge is -2.34. The molecular weight excluding hydrogens is 568 g/mol. The molecule has 0 fully saturated rings. The lowest BCUT2D eigenvalue weighted by atomic mass is 10.1. The molecule has 214 valence electrons. The molecule has 2 heterocycles. The molecule has 8 nitrogen and oxygen atoms in total. The van der Waals surface area contributed by atoms with Crippen LogP contribution in [0.25, 0.3) is 10.6 Å². The van der Waals surface area contributed by atoms with Crippen molar-refractivity contribution in [2.24, 2.45) is 0 Å². The fourth-order valence-corrected chi connectivity index (χ4v) is 13.4. The van der Waals surface area contributed by atoms with Crippen molar-refractivity contribution in [1.29, 1.82) is 0 Å². The summed E-state index contributed by atoms with van der Waals surface area (Å²) >= 11 is 3.04. The fourth-order valence-electron chi connectivity index (χ4n) is 4.50. The largest absolute Gasteiger partial charge is 0.293 e. The second-order valence-corrected chi connectivity index (χ2v) is 17.0. The first-order chi connectivity index (χ1) is 18.7. The Morgan fingerprint density at radius 2 is 1.41 bits per heavy atom. The van der Waals surface area contributed by atoms with Crippen molar-refractivity contribution in [2.45, 2.75) is 59.3 Å². The van der Waals surface area contributed by atoms with E-state index in [4.69, 9.17) is 4.98 Å². The zero-order chi connectivity index (χ0) is 28.5. The van der Waals surface area contributed by atoms with Crippen LogP contribution in [0, 0.1) is 6.92 Å². The summed E-state index contributed by atoms with van der Waals surface area (Å²) < 4.78 is 28.2. The molecule has 0 aliphatic carbocycles. The van der Waals surface area contributed by atoms with Crippen molar-refractivity contribution in [3.63, 3.8) is 0 Å². The molecule has 4 N–H and O–H groups in total. The molecular formula is C27H41N5O3P2S2. The van der Waals surface area contributed by atoms with Crippen molar-refractivity contribution in [1.82, 2.24) is 25.3 Å². The van der Waals surface area contributed by atoms with Crippen molar-refractivity contribution in [3.8, 4) is 10.6 Å². The number of Topliss-reactive ketones (excluding diaryl/α,β-unsaturated/α-hetero) is 1. The quantitative estimate of drug-likeness (QED) is 0.0990. The Kier molecular flexibility index (Phi) is 12.3. The van der Waals surface area contributed by atoms with Gasteiger partial charge in [-0.25, -0.2) is 4.98 Å². The van der Waals surface area contributed by atoms with Crippen LogP contribution in [0.4, 0.5) is 0 Å².